The molecule has 0 radical (unpaired) electrons. The minimum atomic E-state index is -2.94. The Kier molecular flexibility index (Phi) is 4.54. The maximum Gasteiger partial charge on any atom is 0.270 e. The third-order valence-electron chi connectivity index (χ3n) is 5.27. The van der Waals surface area contributed by atoms with Gasteiger partial charge in [0.2, 0.25) is 5.91 Å². The second-order valence-electron chi connectivity index (χ2n) is 7.38. The van der Waals surface area contributed by atoms with Gasteiger partial charge in [-0.15, -0.1) is 0 Å². The van der Waals surface area contributed by atoms with Crippen molar-refractivity contribution in [2.45, 2.75) is 38.2 Å². The molecule has 4 nitrogen and oxygen atoms in total. The molecule has 6 heteroatoms. The molecule has 1 amide bonds. The minimum Gasteiger partial charge on any atom is -0.346 e. The molecule has 142 valence electrons. The van der Waals surface area contributed by atoms with Crippen LogP contribution in [0.2, 0.25) is 0 Å². The molecule has 0 saturated carbocycles. The smallest absolute Gasteiger partial charge is 0.270 e. The van der Waals surface area contributed by atoms with Crippen LogP contribution < -0.4 is 5.32 Å². The number of nitrogens with zero attached hydrogens (tertiary/aromatic N) is 1. The average molecular weight is 371 g/mol. The first-order valence-corrected chi connectivity index (χ1v) is 8.74. The van der Waals surface area contributed by atoms with Crippen molar-refractivity contribution in [1.82, 2.24) is 10.2 Å². The number of guanidine groups is 1. The maximum absolute atomic E-state index is 13.6. The van der Waals surface area contributed by atoms with Crippen LogP contribution in [0.15, 0.2) is 48.5 Å². The zero-order valence-electron chi connectivity index (χ0n) is 15.8. The Morgan fingerprint density at radius 1 is 1.11 bits per heavy atom. The Labute approximate surface area is 157 Å². The number of hydrogen-bond donors (Lipinski definition) is 2. The van der Waals surface area contributed by atoms with Crippen molar-refractivity contribution >= 4 is 11.9 Å². The van der Waals surface area contributed by atoms with Crippen molar-refractivity contribution in [2.24, 2.45) is 0 Å². The largest absolute Gasteiger partial charge is 0.346 e. The molecule has 1 aliphatic heterocycles. The van der Waals surface area contributed by atoms with Gasteiger partial charge in [0.1, 0.15) is 0 Å². The molecule has 3 rings (SSSR count). The lowest BCUT2D eigenvalue weighted by Crippen LogP contribution is -2.62. The summed E-state index contributed by atoms with van der Waals surface area (Å²) in [6.45, 7) is 4.69. The zero-order chi connectivity index (χ0) is 20.0. The Balaban J connectivity index is 2.11. The first-order valence-electron chi connectivity index (χ1n) is 8.74. The van der Waals surface area contributed by atoms with Gasteiger partial charge in [0.05, 0.1) is 11.5 Å². The molecule has 2 N–H and O–H groups in total. The average Bonchev–Trinajstić information content (AvgIpc) is 2.60. The molecular formula is C21H23F2N3O. The van der Waals surface area contributed by atoms with E-state index >= 15 is 0 Å². The summed E-state index contributed by atoms with van der Waals surface area (Å²) in [5, 5.41) is 11.3. The van der Waals surface area contributed by atoms with E-state index in [0.717, 1.165) is 18.1 Å². The second kappa shape index (κ2) is 6.44. The van der Waals surface area contributed by atoms with Gasteiger partial charge in [-0.2, -0.15) is 0 Å². The van der Waals surface area contributed by atoms with E-state index in [1.54, 1.807) is 12.1 Å². The van der Waals surface area contributed by atoms with E-state index < -0.39 is 17.4 Å². The second-order valence-corrected chi connectivity index (χ2v) is 7.38. The lowest BCUT2D eigenvalue weighted by Gasteiger charge is -2.46. The van der Waals surface area contributed by atoms with E-state index in [9.17, 15) is 13.6 Å². The normalized spacial score (nSPS) is 23.3. The predicted molar refractivity (Wildman–Crippen MR) is 101 cm³/mol. The fourth-order valence-electron chi connectivity index (χ4n) is 3.54. The molecule has 1 fully saturated rings. The van der Waals surface area contributed by atoms with Crippen LogP contribution in [-0.2, 0) is 16.3 Å². The van der Waals surface area contributed by atoms with Crippen molar-refractivity contribution in [1.29, 1.82) is 5.41 Å². The number of rotatable bonds is 3. The van der Waals surface area contributed by atoms with Crippen LogP contribution in [0.25, 0.3) is 0 Å². The zero-order valence-corrected chi connectivity index (χ0v) is 15.8. The first kappa shape index (κ1) is 19.0. The Morgan fingerprint density at radius 2 is 1.67 bits per heavy atom. The number of alkyl halides is 2. The van der Waals surface area contributed by atoms with Crippen LogP contribution in [0.3, 0.4) is 0 Å². The predicted octanol–water partition coefficient (Wildman–Crippen LogP) is 4.10. The van der Waals surface area contributed by atoms with Crippen LogP contribution in [-0.4, -0.2) is 23.8 Å². The van der Waals surface area contributed by atoms with E-state index in [1.165, 1.54) is 24.1 Å². The van der Waals surface area contributed by atoms with Crippen molar-refractivity contribution in [2.75, 3.05) is 7.05 Å². The van der Waals surface area contributed by atoms with Gasteiger partial charge < -0.3 is 5.32 Å². The fourth-order valence-corrected chi connectivity index (χ4v) is 3.54. The Morgan fingerprint density at radius 3 is 2.19 bits per heavy atom. The lowest BCUT2D eigenvalue weighted by atomic mass is 9.73. The van der Waals surface area contributed by atoms with Crippen molar-refractivity contribution in [3.63, 3.8) is 0 Å². The van der Waals surface area contributed by atoms with Gasteiger partial charge in [0, 0.05) is 19.5 Å². The van der Waals surface area contributed by atoms with E-state index in [0.29, 0.717) is 5.56 Å². The number of nitrogens with one attached hydrogen (secondary N) is 2. The summed E-state index contributed by atoms with van der Waals surface area (Å²) in [7, 11) is 1.54. The van der Waals surface area contributed by atoms with Crippen LogP contribution in [0, 0.1) is 12.3 Å². The SMILES string of the molecule is Cc1ccc([C@@]2(C)NC(=N)N(C)C(=O)[C@@H]2c2ccc(C(C)(F)F)cc2)cc1. The van der Waals surface area contributed by atoms with Gasteiger partial charge in [0.25, 0.3) is 5.92 Å². The highest BCUT2D eigenvalue weighted by Crippen LogP contribution is 2.41. The molecular weight excluding hydrogens is 348 g/mol. The van der Waals surface area contributed by atoms with Gasteiger partial charge >= 0.3 is 0 Å². The van der Waals surface area contributed by atoms with Crippen LogP contribution in [0.5, 0.6) is 0 Å². The lowest BCUT2D eigenvalue weighted by molar-refractivity contribution is -0.131. The number of carbonyl (C=O) groups is 1. The quantitative estimate of drug-likeness (QED) is 0.853. The van der Waals surface area contributed by atoms with Gasteiger partial charge in [-0.1, -0.05) is 54.1 Å². The monoisotopic (exact) mass is 371 g/mol. The van der Waals surface area contributed by atoms with Gasteiger partial charge in [-0.3, -0.25) is 15.1 Å². The van der Waals surface area contributed by atoms with Crippen molar-refractivity contribution in [3.05, 3.63) is 70.8 Å². The number of benzene rings is 2. The van der Waals surface area contributed by atoms with E-state index in [1.807, 2.05) is 38.1 Å². The number of hydrogen-bond acceptors (Lipinski definition) is 2. The van der Waals surface area contributed by atoms with Gasteiger partial charge in [-0.05, 0) is 25.0 Å². The van der Waals surface area contributed by atoms with Crippen LogP contribution in [0.1, 0.15) is 42.0 Å². The van der Waals surface area contributed by atoms with E-state index in [-0.39, 0.29) is 17.4 Å². The summed E-state index contributed by atoms with van der Waals surface area (Å²) in [4.78, 5) is 14.3. The number of aryl methyl sites for hydroxylation is 1. The van der Waals surface area contributed by atoms with Crippen LogP contribution >= 0.6 is 0 Å². The fraction of sp³-hybridized carbons (Fsp3) is 0.333. The molecule has 2 aromatic rings. The van der Waals surface area contributed by atoms with E-state index in [4.69, 9.17) is 5.41 Å². The molecule has 0 spiro atoms. The highest BCUT2D eigenvalue weighted by Gasteiger charge is 2.48. The maximum atomic E-state index is 13.6. The van der Waals surface area contributed by atoms with Gasteiger partial charge in [-0.25, -0.2) is 8.78 Å². The van der Waals surface area contributed by atoms with Crippen molar-refractivity contribution in [3.8, 4) is 0 Å². The topological polar surface area (TPSA) is 56.2 Å². The Bertz CT molecular complexity index is 872. The van der Waals surface area contributed by atoms with E-state index in [2.05, 4.69) is 5.32 Å². The molecule has 2 atom stereocenters. The molecule has 2 aromatic carbocycles. The highest BCUT2D eigenvalue weighted by atomic mass is 19.3. The molecule has 0 aromatic heterocycles. The number of amides is 1. The Hall–Kier alpha value is -2.76. The highest BCUT2D eigenvalue weighted by molar-refractivity contribution is 6.02. The standard InChI is InChI=1S/C21H23F2N3O/c1-13-5-9-15(10-6-13)20(2)17(18(27)26(4)19(24)25-20)14-7-11-16(12-8-14)21(3,22)23/h5-12,17H,1-4H3,(H2,24,25)/t17-,20+/m0/s1. The number of carbonyl (C=O) groups excluding carboxylic acids is 1. The first-order chi connectivity index (χ1) is 12.5. The van der Waals surface area contributed by atoms with Gasteiger partial charge in [0.15, 0.2) is 5.96 Å². The summed E-state index contributed by atoms with van der Waals surface area (Å²) < 4.78 is 27.1. The summed E-state index contributed by atoms with van der Waals surface area (Å²) in [6.07, 6.45) is 0. The molecule has 0 bridgehead atoms. The molecule has 1 saturated heterocycles. The van der Waals surface area contributed by atoms with Crippen LogP contribution in [0.4, 0.5) is 8.78 Å². The molecule has 1 heterocycles. The molecule has 1 aliphatic rings. The summed E-state index contributed by atoms with van der Waals surface area (Å²) in [5.41, 5.74) is 1.60. The van der Waals surface area contributed by atoms with Crippen molar-refractivity contribution < 1.29 is 13.6 Å². The third-order valence-corrected chi connectivity index (χ3v) is 5.27. The number of halogens is 2. The molecule has 27 heavy (non-hydrogen) atoms. The molecule has 0 aliphatic carbocycles. The minimum absolute atomic E-state index is 0.0102. The summed E-state index contributed by atoms with van der Waals surface area (Å²) >= 11 is 0. The number of likely N-dealkylation sites (N-methyl/N-ethyl adjacent to an activating group) is 1. The summed E-state index contributed by atoms with van der Waals surface area (Å²) in [5.74, 6) is -3.83. The summed E-state index contributed by atoms with van der Waals surface area (Å²) in [6, 6.07) is 13.6. The third kappa shape index (κ3) is 3.31. The molecule has 0 unspecified atom stereocenters.